The van der Waals surface area contributed by atoms with Gasteiger partial charge in [-0.1, -0.05) is 13.0 Å². The van der Waals surface area contributed by atoms with Crippen molar-refractivity contribution in [3.8, 4) is 6.07 Å². The maximum Gasteiger partial charge on any atom is 0.291 e. The Balaban J connectivity index is 1.60. The Morgan fingerprint density at radius 2 is 2.00 bits per heavy atom. The van der Waals surface area contributed by atoms with Gasteiger partial charge in [0.2, 0.25) is 5.76 Å². The summed E-state index contributed by atoms with van der Waals surface area (Å²) in [5, 5.41) is 11.9. The molecule has 0 unspecified atom stereocenters. The maximum absolute atomic E-state index is 12.7. The second-order valence-electron chi connectivity index (χ2n) is 7.86. The van der Waals surface area contributed by atoms with E-state index in [1.807, 2.05) is 12.1 Å². The molecule has 6 nitrogen and oxygen atoms in total. The van der Waals surface area contributed by atoms with Gasteiger partial charge >= 0.3 is 0 Å². The number of hydrogen-bond donors (Lipinski definition) is 1. The first kappa shape index (κ1) is 20.2. The number of nitrogens with one attached hydrogen (secondary N) is 1. The van der Waals surface area contributed by atoms with Crippen molar-refractivity contribution in [3.63, 3.8) is 0 Å². The van der Waals surface area contributed by atoms with E-state index in [9.17, 15) is 4.79 Å². The molecule has 1 saturated heterocycles. The monoisotopic (exact) mass is 404 g/mol. The number of benzene rings is 1. The molecule has 1 fully saturated rings. The van der Waals surface area contributed by atoms with Gasteiger partial charge in [-0.3, -0.25) is 4.79 Å². The third-order valence-corrected chi connectivity index (χ3v) is 6.01. The van der Waals surface area contributed by atoms with Crippen LogP contribution < -0.4 is 10.2 Å². The highest BCUT2D eigenvalue weighted by molar-refractivity contribution is 6.04. The fourth-order valence-electron chi connectivity index (χ4n) is 4.21. The molecule has 6 heteroatoms. The Morgan fingerprint density at radius 1 is 1.17 bits per heavy atom. The van der Waals surface area contributed by atoms with Crippen LogP contribution in [0, 0.1) is 11.3 Å². The number of nitrogens with zero attached hydrogens (tertiary/aromatic N) is 3. The molecule has 1 aliphatic heterocycles. The standard InChI is InChI=1S/C24H28N4O2/c1-2-27-12-14-28(15-13-27)19-8-10-22(21(16-19)18-6-4-3-5-7-18)26-24(29)23-11-9-20(17-25)30-23/h6,8-11,16H,2-5,7,12-15H2,1H3,(H,26,29). The summed E-state index contributed by atoms with van der Waals surface area (Å²) in [6.45, 7) is 7.48. The molecule has 2 aliphatic rings. The van der Waals surface area contributed by atoms with Gasteiger partial charge in [0.25, 0.3) is 5.91 Å². The van der Waals surface area contributed by atoms with Crippen LogP contribution in [0.25, 0.3) is 5.57 Å². The highest BCUT2D eigenvalue weighted by Crippen LogP contribution is 2.35. The molecule has 1 aromatic heterocycles. The molecular formula is C24H28N4O2. The van der Waals surface area contributed by atoms with Crippen molar-refractivity contribution in [2.24, 2.45) is 0 Å². The van der Waals surface area contributed by atoms with Crippen LogP contribution in [-0.2, 0) is 0 Å². The van der Waals surface area contributed by atoms with Crippen LogP contribution in [0.5, 0.6) is 0 Å². The Kier molecular flexibility index (Phi) is 6.20. The van der Waals surface area contributed by atoms with Crippen molar-refractivity contribution >= 4 is 22.9 Å². The van der Waals surface area contributed by atoms with Gasteiger partial charge in [0.05, 0.1) is 0 Å². The largest absolute Gasteiger partial charge is 0.440 e. The molecule has 1 aliphatic carbocycles. The van der Waals surface area contributed by atoms with Crippen molar-refractivity contribution in [2.75, 3.05) is 42.9 Å². The summed E-state index contributed by atoms with van der Waals surface area (Å²) in [6, 6.07) is 11.3. The average Bonchev–Trinajstić information content (AvgIpc) is 3.30. The summed E-state index contributed by atoms with van der Waals surface area (Å²) < 4.78 is 5.29. The van der Waals surface area contributed by atoms with Crippen LogP contribution >= 0.6 is 0 Å². The number of allylic oxidation sites excluding steroid dienone is 2. The van der Waals surface area contributed by atoms with Crippen molar-refractivity contribution in [1.82, 2.24) is 4.90 Å². The lowest BCUT2D eigenvalue weighted by molar-refractivity contribution is 0.0996. The number of piperazine rings is 1. The van der Waals surface area contributed by atoms with Gasteiger partial charge in [-0.2, -0.15) is 5.26 Å². The second kappa shape index (κ2) is 9.19. The Labute approximate surface area is 177 Å². The lowest BCUT2D eigenvalue weighted by Gasteiger charge is -2.36. The molecular weight excluding hydrogens is 376 g/mol. The van der Waals surface area contributed by atoms with Gasteiger partial charge in [0, 0.05) is 43.1 Å². The zero-order chi connectivity index (χ0) is 20.9. The summed E-state index contributed by atoms with van der Waals surface area (Å²) in [5.74, 6) is -0.0507. The third kappa shape index (κ3) is 4.42. The van der Waals surface area contributed by atoms with Crippen molar-refractivity contribution in [2.45, 2.75) is 32.6 Å². The fraction of sp³-hybridized carbons (Fsp3) is 0.417. The normalized spacial score (nSPS) is 17.3. The number of carbonyl (C=O) groups is 1. The number of likely N-dealkylation sites (N-methyl/N-ethyl adjacent to an activating group) is 1. The molecule has 0 radical (unpaired) electrons. The summed E-state index contributed by atoms with van der Waals surface area (Å²) in [5.41, 5.74) is 4.38. The van der Waals surface area contributed by atoms with Crippen molar-refractivity contribution in [1.29, 1.82) is 5.26 Å². The predicted octanol–water partition coefficient (Wildman–Crippen LogP) is 4.50. The molecule has 4 rings (SSSR count). The predicted molar refractivity (Wildman–Crippen MR) is 119 cm³/mol. The first-order chi connectivity index (χ1) is 14.7. The van der Waals surface area contributed by atoms with Gasteiger partial charge in [0.15, 0.2) is 5.76 Å². The highest BCUT2D eigenvalue weighted by Gasteiger charge is 2.20. The molecule has 0 bridgehead atoms. The van der Waals surface area contributed by atoms with E-state index < -0.39 is 0 Å². The Morgan fingerprint density at radius 3 is 2.67 bits per heavy atom. The van der Waals surface area contributed by atoms with Crippen LogP contribution in [0.4, 0.5) is 11.4 Å². The number of anilines is 2. The molecule has 0 atom stereocenters. The van der Waals surface area contributed by atoms with E-state index in [2.05, 4.69) is 40.2 Å². The average molecular weight is 405 g/mol. The number of carbonyl (C=O) groups excluding carboxylic acids is 1. The smallest absolute Gasteiger partial charge is 0.291 e. The zero-order valence-electron chi connectivity index (χ0n) is 17.5. The lowest BCUT2D eigenvalue weighted by Crippen LogP contribution is -2.46. The molecule has 0 saturated carbocycles. The molecule has 1 amide bonds. The van der Waals surface area contributed by atoms with Crippen LogP contribution in [-0.4, -0.2) is 43.5 Å². The number of furan rings is 1. The topological polar surface area (TPSA) is 72.5 Å². The first-order valence-electron chi connectivity index (χ1n) is 10.8. The summed E-state index contributed by atoms with van der Waals surface area (Å²) in [6.07, 6.45) is 6.78. The fourth-order valence-corrected chi connectivity index (χ4v) is 4.21. The zero-order valence-corrected chi connectivity index (χ0v) is 17.5. The Bertz CT molecular complexity index is 977. The van der Waals surface area contributed by atoms with E-state index in [-0.39, 0.29) is 17.4 Å². The van der Waals surface area contributed by atoms with Crippen molar-refractivity contribution < 1.29 is 9.21 Å². The molecule has 1 N–H and O–H groups in total. The van der Waals surface area contributed by atoms with Gasteiger partial charge in [0.1, 0.15) is 6.07 Å². The van der Waals surface area contributed by atoms with E-state index in [0.29, 0.717) is 0 Å². The van der Waals surface area contributed by atoms with Gasteiger partial charge in [-0.05, 0) is 68.1 Å². The van der Waals surface area contributed by atoms with Gasteiger partial charge in [-0.25, -0.2) is 0 Å². The van der Waals surface area contributed by atoms with Gasteiger partial charge < -0.3 is 19.5 Å². The first-order valence-corrected chi connectivity index (χ1v) is 10.8. The lowest BCUT2D eigenvalue weighted by atomic mass is 9.92. The number of nitriles is 1. The molecule has 1 aromatic carbocycles. The molecule has 2 aromatic rings. The van der Waals surface area contributed by atoms with E-state index >= 15 is 0 Å². The second-order valence-corrected chi connectivity index (χ2v) is 7.86. The number of hydrogen-bond acceptors (Lipinski definition) is 5. The Hall–Kier alpha value is -3.04. The van der Waals surface area contributed by atoms with Crippen molar-refractivity contribution in [3.05, 3.63) is 53.5 Å². The minimum atomic E-state index is -0.335. The maximum atomic E-state index is 12.7. The molecule has 2 heterocycles. The van der Waals surface area contributed by atoms with E-state index in [4.69, 9.17) is 9.68 Å². The molecule has 0 spiro atoms. The van der Waals surface area contributed by atoms with Gasteiger partial charge in [-0.15, -0.1) is 0 Å². The summed E-state index contributed by atoms with van der Waals surface area (Å²) in [7, 11) is 0. The van der Waals surface area contributed by atoms with E-state index in [1.165, 1.54) is 36.2 Å². The van der Waals surface area contributed by atoms with Crippen LogP contribution in [0.3, 0.4) is 0 Å². The molecule has 30 heavy (non-hydrogen) atoms. The van der Waals surface area contributed by atoms with Crippen LogP contribution in [0.2, 0.25) is 0 Å². The molecule has 156 valence electrons. The third-order valence-electron chi connectivity index (χ3n) is 6.01. The number of amides is 1. The van der Waals surface area contributed by atoms with Crippen LogP contribution in [0.1, 0.15) is 54.5 Å². The SMILES string of the molecule is CCN1CCN(c2ccc(NC(=O)c3ccc(C#N)o3)c(C3=CCCCC3)c2)CC1. The van der Waals surface area contributed by atoms with Crippen LogP contribution in [0.15, 0.2) is 40.8 Å². The summed E-state index contributed by atoms with van der Waals surface area (Å²) in [4.78, 5) is 17.6. The van der Waals surface area contributed by atoms with E-state index in [1.54, 1.807) is 0 Å². The minimum absolute atomic E-state index is 0.136. The minimum Gasteiger partial charge on any atom is -0.440 e. The quantitative estimate of drug-likeness (QED) is 0.794. The number of rotatable bonds is 5. The highest BCUT2D eigenvalue weighted by atomic mass is 16.3. The summed E-state index contributed by atoms with van der Waals surface area (Å²) >= 11 is 0. The van der Waals surface area contributed by atoms with E-state index in [0.717, 1.165) is 56.8 Å².